The molecule has 2 aromatic heterocycles. The summed E-state index contributed by atoms with van der Waals surface area (Å²) in [5, 5.41) is 4.05. The second-order valence-electron chi connectivity index (χ2n) is 9.81. The van der Waals surface area contributed by atoms with Crippen LogP contribution in [0.5, 0.6) is 0 Å². The summed E-state index contributed by atoms with van der Waals surface area (Å²) in [6.07, 6.45) is 4.19. The van der Waals surface area contributed by atoms with Crippen molar-refractivity contribution in [3.8, 4) is 0 Å². The second kappa shape index (κ2) is 7.67. The first-order valence-electron chi connectivity index (χ1n) is 11.1. The number of nitrogens with one attached hydrogen (secondary N) is 1. The van der Waals surface area contributed by atoms with Gasteiger partial charge in [0, 0.05) is 56.0 Å². The van der Waals surface area contributed by atoms with Gasteiger partial charge in [0.05, 0.1) is 18.2 Å². The molecule has 33 heavy (non-hydrogen) atoms. The van der Waals surface area contributed by atoms with Crippen molar-refractivity contribution in [2.75, 3.05) is 62.8 Å². The number of sulfonamides is 1. The average Bonchev–Trinajstić information content (AvgIpc) is 2.98. The molecular formula is C21H29F2N7O2S. The molecule has 0 aromatic carbocycles. The average molecular weight is 482 g/mol. The number of alkyl halides is 2. The number of halogens is 2. The van der Waals surface area contributed by atoms with E-state index in [2.05, 4.69) is 20.3 Å². The summed E-state index contributed by atoms with van der Waals surface area (Å²) in [6, 6.07) is 1.89. The third-order valence-corrected chi connectivity index (χ3v) is 8.34. The predicted molar refractivity (Wildman–Crippen MR) is 122 cm³/mol. The van der Waals surface area contributed by atoms with Crippen LogP contribution in [0, 0.1) is 12.3 Å². The minimum absolute atomic E-state index is 0.0345. The van der Waals surface area contributed by atoms with Crippen molar-refractivity contribution in [3.05, 3.63) is 18.0 Å². The zero-order valence-electron chi connectivity index (χ0n) is 19.1. The Morgan fingerprint density at radius 2 is 1.82 bits per heavy atom. The Labute approximate surface area is 192 Å². The van der Waals surface area contributed by atoms with Crippen molar-refractivity contribution in [2.45, 2.75) is 31.7 Å². The van der Waals surface area contributed by atoms with Gasteiger partial charge in [0.2, 0.25) is 16.0 Å². The SMILES string of the molecule is Cc1cc2cnc(NC3CCN(S(C)(=O)=O)CC3)nc2c(N2CC(F)(F)C3(CN(C)C3)C2)n1. The summed E-state index contributed by atoms with van der Waals surface area (Å²) < 4.78 is 54.9. The fourth-order valence-corrected chi connectivity index (χ4v) is 6.24. The molecule has 0 atom stereocenters. The number of piperidine rings is 1. The maximum absolute atomic E-state index is 15.0. The summed E-state index contributed by atoms with van der Waals surface area (Å²) in [5.74, 6) is -1.93. The van der Waals surface area contributed by atoms with E-state index >= 15 is 0 Å². The maximum atomic E-state index is 15.0. The first-order chi connectivity index (χ1) is 15.5. The van der Waals surface area contributed by atoms with E-state index in [0.29, 0.717) is 56.3 Å². The number of likely N-dealkylation sites (tertiary alicyclic amines) is 1. The highest BCUT2D eigenvalue weighted by Crippen LogP contribution is 2.50. The molecule has 0 amide bonds. The van der Waals surface area contributed by atoms with Gasteiger partial charge in [-0.05, 0) is 32.9 Å². The van der Waals surface area contributed by atoms with Crippen LogP contribution in [0.4, 0.5) is 20.5 Å². The van der Waals surface area contributed by atoms with Crippen molar-refractivity contribution in [1.29, 1.82) is 0 Å². The molecule has 3 aliphatic rings. The Morgan fingerprint density at radius 1 is 1.12 bits per heavy atom. The first kappa shape index (κ1) is 22.6. The van der Waals surface area contributed by atoms with Crippen LogP contribution >= 0.6 is 0 Å². The monoisotopic (exact) mass is 481 g/mol. The molecule has 5 rings (SSSR count). The van der Waals surface area contributed by atoms with Gasteiger partial charge in [-0.15, -0.1) is 0 Å². The van der Waals surface area contributed by atoms with Gasteiger partial charge in [0.15, 0.2) is 5.82 Å². The highest BCUT2D eigenvalue weighted by atomic mass is 32.2. The van der Waals surface area contributed by atoms with Crippen LogP contribution in [0.2, 0.25) is 0 Å². The van der Waals surface area contributed by atoms with E-state index in [0.717, 1.165) is 11.1 Å². The van der Waals surface area contributed by atoms with E-state index in [1.165, 1.54) is 10.6 Å². The van der Waals surface area contributed by atoms with E-state index < -0.39 is 21.4 Å². The Balaban J connectivity index is 1.40. The van der Waals surface area contributed by atoms with Gasteiger partial charge in [-0.2, -0.15) is 0 Å². The van der Waals surface area contributed by atoms with Crippen LogP contribution in [0.3, 0.4) is 0 Å². The lowest BCUT2D eigenvalue weighted by molar-refractivity contribution is -0.149. The van der Waals surface area contributed by atoms with E-state index in [1.807, 2.05) is 24.9 Å². The topological polar surface area (TPSA) is 94.6 Å². The molecule has 3 fully saturated rings. The minimum atomic E-state index is -3.19. The van der Waals surface area contributed by atoms with Gasteiger partial charge in [0.1, 0.15) is 5.52 Å². The fourth-order valence-electron chi connectivity index (χ4n) is 5.37. The van der Waals surface area contributed by atoms with Crippen LogP contribution in [0.25, 0.3) is 10.9 Å². The Bertz CT molecular complexity index is 1180. The van der Waals surface area contributed by atoms with E-state index in [1.54, 1.807) is 11.1 Å². The summed E-state index contributed by atoms with van der Waals surface area (Å²) in [5.41, 5.74) is 0.235. The number of nitrogens with zero attached hydrogens (tertiary/aromatic N) is 6. The van der Waals surface area contributed by atoms with Gasteiger partial charge in [-0.1, -0.05) is 0 Å². The Morgan fingerprint density at radius 3 is 2.45 bits per heavy atom. The molecule has 3 saturated heterocycles. The number of anilines is 2. The lowest BCUT2D eigenvalue weighted by Gasteiger charge is -2.48. The molecule has 12 heteroatoms. The Kier molecular flexibility index (Phi) is 5.25. The summed E-state index contributed by atoms with van der Waals surface area (Å²) >= 11 is 0. The molecule has 2 aromatic rings. The molecule has 0 radical (unpaired) electrons. The number of aryl methyl sites for hydroxylation is 1. The molecule has 3 aliphatic heterocycles. The van der Waals surface area contributed by atoms with Gasteiger partial charge in [-0.3, -0.25) is 0 Å². The first-order valence-corrected chi connectivity index (χ1v) is 13.0. The van der Waals surface area contributed by atoms with Crippen molar-refractivity contribution >= 4 is 32.7 Å². The second-order valence-corrected chi connectivity index (χ2v) is 11.8. The van der Waals surface area contributed by atoms with Crippen molar-refractivity contribution < 1.29 is 17.2 Å². The fraction of sp³-hybridized carbons (Fsp3) is 0.667. The van der Waals surface area contributed by atoms with E-state index in [4.69, 9.17) is 0 Å². The van der Waals surface area contributed by atoms with Crippen LogP contribution in [-0.4, -0.2) is 97.1 Å². The summed E-state index contributed by atoms with van der Waals surface area (Å²) in [7, 11) is -1.34. The molecule has 0 saturated carbocycles. The quantitative estimate of drug-likeness (QED) is 0.703. The van der Waals surface area contributed by atoms with Crippen molar-refractivity contribution in [1.82, 2.24) is 24.2 Å². The third-order valence-electron chi connectivity index (χ3n) is 7.04. The molecule has 0 bridgehead atoms. The molecule has 0 aliphatic carbocycles. The zero-order valence-corrected chi connectivity index (χ0v) is 19.9. The standard InChI is InChI=1S/C21H29F2N7O2S/c1-14-8-15-9-24-19(26-16-4-6-30(7-5-16)33(3,31)32)27-17(15)18(25-14)29-12-20(10-28(2)11-20)21(22,23)13-29/h8-9,16H,4-7,10-13H2,1-3H3,(H,24,26,27). The lowest BCUT2D eigenvalue weighted by atomic mass is 9.76. The zero-order chi connectivity index (χ0) is 23.6. The predicted octanol–water partition coefficient (Wildman–Crippen LogP) is 1.56. The maximum Gasteiger partial charge on any atom is 0.274 e. The molecule has 1 spiro atoms. The highest BCUT2D eigenvalue weighted by Gasteiger charge is 2.65. The number of hydrogen-bond donors (Lipinski definition) is 1. The number of hydrogen-bond acceptors (Lipinski definition) is 8. The molecule has 1 N–H and O–H groups in total. The van der Waals surface area contributed by atoms with Gasteiger partial charge >= 0.3 is 0 Å². The number of pyridine rings is 1. The lowest BCUT2D eigenvalue weighted by Crippen LogP contribution is -2.63. The van der Waals surface area contributed by atoms with E-state index in [-0.39, 0.29) is 19.1 Å². The molecule has 180 valence electrons. The van der Waals surface area contributed by atoms with Crippen LogP contribution < -0.4 is 10.2 Å². The Hall–Kier alpha value is -2.18. The molecule has 5 heterocycles. The largest absolute Gasteiger partial charge is 0.351 e. The molecule has 9 nitrogen and oxygen atoms in total. The van der Waals surface area contributed by atoms with E-state index in [9.17, 15) is 17.2 Å². The van der Waals surface area contributed by atoms with Crippen LogP contribution in [-0.2, 0) is 10.0 Å². The number of aromatic nitrogens is 3. The van der Waals surface area contributed by atoms with Crippen molar-refractivity contribution in [3.63, 3.8) is 0 Å². The summed E-state index contributed by atoms with van der Waals surface area (Å²) in [6.45, 7) is 3.33. The van der Waals surface area contributed by atoms with Crippen LogP contribution in [0.1, 0.15) is 18.5 Å². The normalized spacial score (nSPS) is 23.8. The van der Waals surface area contributed by atoms with Gasteiger partial charge in [0.25, 0.3) is 5.92 Å². The van der Waals surface area contributed by atoms with Gasteiger partial charge in [-0.25, -0.2) is 36.5 Å². The number of fused-ring (bicyclic) bond motifs is 1. The van der Waals surface area contributed by atoms with Gasteiger partial charge < -0.3 is 15.1 Å². The molecule has 0 unspecified atom stereocenters. The number of rotatable bonds is 4. The summed E-state index contributed by atoms with van der Waals surface area (Å²) in [4.78, 5) is 17.3. The smallest absolute Gasteiger partial charge is 0.274 e. The van der Waals surface area contributed by atoms with Crippen molar-refractivity contribution in [2.24, 2.45) is 5.41 Å². The highest BCUT2D eigenvalue weighted by molar-refractivity contribution is 7.88. The molecular weight excluding hydrogens is 452 g/mol. The third kappa shape index (κ3) is 4.01. The minimum Gasteiger partial charge on any atom is -0.351 e. The van der Waals surface area contributed by atoms with Crippen LogP contribution in [0.15, 0.2) is 12.3 Å².